The van der Waals surface area contributed by atoms with Gasteiger partial charge in [-0.1, -0.05) is 0 Å². The van der Waals surface area contributed by atoms with Gasteiger partial charge in [-0.15, -0.1) is 0 Å². The highest BCUT2D eigenvalue weighted by Gasteiger charge is 2.29. The highest BCUT2D eigenvalue weighted by molar-refractivity contribution is 7.89. The molecule has 7 nitrogen and oxygen atoms in total. The summed E-state index contributed by atoms with van der Waals surface area (Å²) in [4.78, 5) is 11.1. The molecule has 1 aliphatic rings. The zero-order valence-corrected chi connectivity index (χ0v) is 11.0. The second-order valence-corrected chi connectivity index (χ2v) is 5.81. The number of hydrogen-bond acceptors (Lipinski definition) is 6. The number of morpholine rings is 1. The Morgan fingerprint density at radius 2 is 2.33 bits per heavy atom. The van der Waals surface area contributed by atoms with E-state index in [1.807, 2.05) is 6.07 Å². The molecular weight excluding hydrogens is 260 g/mol. The van der Waals surface area contributed by atoms with Crippen LogP contribution in [-0.2, 0) is 24.3 Å². The molecule has 0 saturated carbocycles. The number of sulfonamides is 1. The molecule has 0 aromatic heterocycles. The molecule has 0 spiro atoms. The summed E-state index contributed by atoms with van der Waals surface area (Å²) in [6, 6.07) is 1.87. The molecule has 1 rings (SSSR count). The van der Waals surface area contributed by atoms with Crippen molar-refractivity contribution in [3.05, 3.63) is 0 Å². The first-order valence-electron chi connectivity index (χ1n) is 5.64. The van der Waals surface area contributed by atoms with Gasteiger partial charge in [0.05, 0.1) is 38.0 Å². The molecule has 0 aromatic carbocycles. The van der Waals surface area contributed by atoms with Crippen molar-refractivity contribution in [3.8, 4) is 6.07 Å². The Kier molecular flexibility index (Phi) is 5.53. The molecule has 1 aliphatic heterocycles. The number of carbonyl (C=O) groups is 1. The van der Waals surface area contributed by atoms with E-state index in [4.69, 9.17) is 10.00 Å². The van der Waals surface area contributed by atoms with Crippen LogP contribution in [0.1, 0.15) is 13.3 Å². The van der Waals surface area contributed by atoms with E-state index in [-0.39, 0.29) is 38.5 Å². The molecule has 1 heterocycles. The average molecular weight is 276 g/mol. The van der Waals surface area contributed by atoms with Crippen molar-refractivity contribution in [1.82, 2.24) is 4.31 Å². The van der Waals surface area contributed by atoms with E-state index in [9.17, 15) is 13.2 Å². The first-order valence-corrected chi connectivity index (χ1v) is 7.25. The Bertz CT molecular complexity index is 428. The topological polar surface area (TPSA) is 96.7 Å². The molecule has 8 heteroatoms. The molecule has 0 aromatic rings. The van der Waals surface area contributed by atoms with Crippen LogP contribution in [-0.4, -0.2) is 56.9 Å². The standard InChI is InChI=1S/C10H16N2O5S/c1-2-16-10(13)3-6-18(14,15)12-4-5-17-9(7-11)8-12/h9H,2-6,8H2,1H3. The van der Waals surface area contributed by atoms with E-state index in [1.165, 1.54) is 4.31 Å². The van der Waals surface area contributed by atoms with E-state index < -0.39 is 22.1 Å². The molecule has 102 valence electrons. The SMILES string of the molecule is CCOC(=O)CCS(=O)(=O)N1CCOC(C#N)C1. The second-order valence-electron chi connectivity index (χ2n) is 3.72. The normalized spacial score (nSPS) is 21.2. The van der Waals surface area contributed by atoms with Crippen LogP contribution in [0.25, 0.3) is 0 Å². The Hall–Kier alpha value is -1.17. The molecule has 0 N–H and O–H groups in total. The molecular formula is C10H16N2O5S. The summed E-state index contributed by atoms with van der Waals surface area (Å²) >= 11 is 0. The summed E-state index contributed by atoms with van der Waals surface area (Å²) in [7, 11) is -3.54. The van der Waals surface area contributed by atoms with Gasteiger partial charge in [-0.25, -0.2) is 8.42 Å². The molecule has 1 saturated heterocycles. The zero-order chi connectivity index (χ0) is 13.6. The Morgan fingerprint density at radius 1 is 1.61 bits per heavy atom. The quantitative estimate of drug-likeness (QED) is 0.628. The highest BCUT2D eigenvalue weighted by atomic mass is 32.2. The van der Waals surface area contributed by atoms with E-state index in [0.29, 0.717) is 0 Å². The minimum absolute atomic E-state index is 0.0155. The van der Waals surface area contributed by atoms with Crippen molar-refractivity contribution in [2.45, 2.75) is 19.4 Å². The van der Waals surface area contributed by atoms with Gasteiger partial charge in [0.2, 0.25) is 10.0 Å². The van der Waals surface area contributed by atoms with Gasteiger partial charge < -0.3 is 9.47 Å². The Labute approximate surface area is 106 Å². The fourth-order valence-corrected chi connectivity index (χ4v) is 2.93. The van der Waals surface area contributed by atoms with Crippen LogP contribution >= 0.6 is 0 Å². The van der Waals surface area contributed by atoms with Gasteiger partial charge >= 0.3 is 5.97 Å². The maximum Gasteiger partial charge on any atom is 0.306 e. The molecule has 0 radical (unpaired) electrons. The van der Waals surface area contributed by atoms with Crippen molar-refractivity contribution >= 4 is 16.0 Å². The molecule has 0 bridgehead atoms. The number of rotatable bonds is 5. The van der Waals surface area contributed by atoms with Crippen LogP contribution in [0.5, 0.6) is 0 Å². The summed E-state index contributed by atoms with van der Waals surface area (Å²) in [6.45, 7) is 2.31. The lowest BCUT2D eigenvalue weighted by atomic mass is 10.3. The predicted molar refractivity (Wildman–Crippen MR) is 62.0 cm³/mol. The smallest absolute Gasteiger partial charge is 0.306 e. The number of esters is 1. The summed E-state index contributed by atoms with van der Waals surface area (Å²) in [5, 5.41) is 8.69. The molecule has 1 fully saturated rings. The van der Waals surface area contributed by atoms with Crippen LogP contribution < -0.4 is 0 Å². The summed E-state index contributed by atoms with van der Waals surface area (Å²) in [5.41, 5.74) is 0. The van der Waals surface area contributed by atoms with Crippen molar-refractivity contribution in [2.24, 2.45) is 0 Å². The number of nitrogens with zero attached hydrogens (tertiary/aromatic N) is 2. The Balaban J connectivity index is 2.53. The second kappa shape index (κ2) is 6.68. The Morgan fingerprint density at radius 3 is 2.94 bits per heavy atom. The fraction of sp³-hybridized carbons (Fsp3) is 0.800. The van der Waals surface area contributed by atoms with Gasteiger partial charge in [0, 0.05) is 6.54 Å². The molecule has 0 amide bonds. The van der Waals surface area contributed by atoms with Crippen LogP contribution in [0.4, 0.5) is 0 Å². The third-order valence-corrected chi connectivity index (χ3v) is 4.27. The maximum atomic E-state index is 11.9. The van der Waals surface area contributed by atoms with Gasteiger partial charge in [-0.05, 0) is 6.92 Å². The lowest BCUT2D eigenvalue weighted by Gasteiger charge is -2.28. The number of ether oxygens (including phenoxy) is 2. The zero-order valence-electron chi connectivity index (χ0n) is 10.2. The summed E-state index contributed by atoms with van der Waals surface area (Å²) in [5.74, 6) is -0.838. The van der Waals surface area contributed by atoms with E-state index in [2.05, 4.69) is 4.74 Å². The van der Waals surface area contributed by atoms with Gasteiger partial charge in [-0.3, -0.25) is 4.79 Å². The molecule has 1 unspecified atom stereocenters. The van der Waals surface area contributed by atoms with Crippen molar-refractivity contribution in [2.75, 3.05) is 32.1 Å². The minimum Gasteiger partial charge on any atom is -0.466 e. The molecule has 18 heavy (non-hydrogen) atoms. The third-order valence-electron chi connectivity index (χ3n) is 2.44. The number of nitriles is 1. The van der Waals surface area contributed by atoms with E-state index in [0.717, 1.165) is 0 Å². The largest absolute Gasteiger partial charge is 0.466 e. The van der Waals surface area contributed by atoms with Crippen LogP contribution in [0, 0.1) is 11.3 Å². The predicted octanol–water partition coefficient (Wildman–Crippen LogP) is -0.506. The monoisotopic (exact) mass is 276 g/mol. The number of hydrogen-bond donors (Lipinski definition) is 0. The molecule has 1 atom stereocenters. The maximum absolute atomic E-state index is 11.9. The number of carbonyl (C=O) groups excluding carboxylic acids is 1. The van der Waals surface area contributed by atoms with Crippen LogP contribution in [0.2, 0.25) is 0 Å². The van der Waals surface area contributed by atoms with Gasteiger partial charge in [0.1, 0.15) is 0 Å². The van der Waals surface area contributed by atoms with Gasteiger partial charge in [-0.2, -0.15) is 9.57 Å². The van der Waals surface area contributed by atoms with Gasteiger partial charge in [0.15, 0.2) is 6.10 Å². The van der Waals surface area contributed by atoms with Gasteiger partial charge in [0.25, 0.3) is 0 Å². The fourth-order valence-electron chi connectivity index (χ4n) is 1.53. The lowest BCUT2D eigenvalue weighted by molar-refractivity contribution is -0.142. The molecule has 0 aliphatic carbocycles. The first kappa shape index (κ1) is 14.9. The summed E-state index contributed by atoms with van der Waals surface area (Å²) in [6.07, 6.45) is -0.916. The van der Waals surface area contributed by atoms with E-state index >= 15 is 0 Å². The average Bonchev–Trinajstić information content (AvgIpc) is 2.37. The summed E-state index contributed by atoms with van der Waals surface area (Å²) < 4.78 is 34.7. The first-order chi connectivity index (χ1) is 8.49. The highest BCUT2D eigenvalue weighted by Crippen LogP contribution is 2.11. The minimum atomic E-state index is -3.54. The van der Waals surface area contributed by atoms with Crippen LogP contribution in [0.3, 0.4) is 0 Å². The van der Waals surface area contributed by atoms with Crippen molar-refractivity contribution in [1.29, 1.82) is 5.26 Å². The van der Waals surface area contributed by atoms with Crippen molar-refractivity contribution < 1.29 is 22.7 Å². The van der Waals surface area contributed by atoms with Crippen molar-refractivity contribution in [3.63, 3.8) is 0 Å². The van der Waals surface area contributed by atoms with Crippen LogP contribution in [0.15, 0.2) is 0 Å². The van der Waals surface area contributed by atoms with E-state index in [1.54, 1.807) is 6.92 Å². The third kappa shape index (κ3) is 4.25. The lowest BCUT2D eigenvalue weighted by Crippen LogP contribution is -2.46.